The number of aromatic nitrogens is 2. The van der Waals surface area contributed by atoms with Crippen molar-refractivity contribution in [2.24, 2.45) is 0 Å². The second-order valence-electron chi connectivity index (χ2n) is 18.0. The quantitative estimate of drug-likeness (QED) is 0.0584. The van der Waals surface area contributed by atoms with E-state index in [-0.39, 0.29) is 29.1 Å². The number of carbonyl (C=O) groups is 2. The minimum atomic E-state index is -0.613. The molecule has 15 heteroatoms. The van der Waals surface area contributed by atoms with Crippen LogP contribution in [0.25, 0.3) is 11.1 Å². The Morgan fingerprint density at radius 3 is 2.34 bits per heavy atom. The third-order valence-electron chi connectivity index (χ3n) is 12.2. The summed E-state index contributed by atoms with van der Waals surface area (Å²) in [6.07, 6.45) is 6.31. The Kier molecular flexibility index (Phi) is 18.5. The van der Waals surface area contributed by atoms with Crippen LogP contribution in [0.5, 0.6) is 5.75 Å². The maximum atomic E-state index is 14.0. The standard InChI is InChI=1S/C53H66FN7O7/c1-38-34-60(46(33-57-38)36-64-4)35-50(62)61-37-53(2,3)51-48(61)31-40(32-58-51)28-43-9-5-6-11-49(43)68-27-26-67-25-24-66-23-22-65-21-20-56-47(30-39-8-7-10-44(54)29-39)52(63)59-45-14-12-41(13-15-45)42-16-18-55-19-17-42/h5-19,29,31-32,38,46-47,56-57H,20-28,30,33-37H2,1-4H3,(H,59,63)/t38-,46-,47-/m1/s1. The van der Waals surface area contributed by atoms with E-state index in [4.69, 9.17) is 28.7 Å². The first-order chi connectivity index (χ1) is 33.1. The van der Waals surface area contributed by atoms with Gasteiger partial charge in [0.1, 0.15) is 18.2 Å². The molecule has 2 aromatic heterocycles. The molecular formula is C53H66FN7O7. The summed E-state index contributed by atoms with van der Waals surface area (Å²) in [6, 6.07) is 27.7. The second kappa shape index (κ2) is 25.1. The van der Waals surface area contributed by atoms with Gasteiger partial charge in [0.2, 0.25) is 11.8 Å². The molecule has 2 amide bonds. The summed E-state index contributed by atoms with van der Waals surface area (Å²) in [5, 5.41) is 9.77. The Balaban J connectivity index is 0.792. The van der Waals surface area contributed by atoms with Crippen LogP contribution in [0.1, 0.15) is 43.2 Å². The molecule has 0 bridgehead atoms. The smallest absolute Gasteiger partial charge is 0.241 e. The van der Waals surface area contributed by atoms with Gasteiger partial charge in [-0.25, -0.2) is 4.39 Å². The molecule has 0 radical (unpaired) electrons. The van der Waals surface area contributed by atoms with Crippen LogP contribution in [0.2, 0.25) is 0 Å². The Labute approximate surface area is 399 Å². The molecule has 0 saturated carbocycles. The number of halogens is 1. The van der Waals surface area contributed by atoms with Crippen molar-refractivity contribution in [3.05, 3.63) is 138 Å². The van der Waals surface area contributed by atoms with E-state index in [2.05, 4.69) is 58.7 Å². The number of ether oxygens (including phenoxy) is 5. The van der Waals surface area contributed by atoms with E-state index >= 15 is 0 Å². The van der Waals surface area contributed by atoms with Gasteiger partial charge >= 0.3 is 0 Å². The van der Waals surface area contributed by atoms with Crippen LogP contribution in [0.3, 0.4) is 0 Å². The first-order valence-corrected chi connectivity index (χ1v) is 23.6. The van der Waals surface area contributed by atoms with E-state index in [0.717, 1.165) is 52.5 Å². The van der Waals surface area contributed by atoms with Crippen LogP contribution in [0, 0.1) is 5.82 Å². The summed E-state index contributed by atoms with van der Waals surface area (Å²) in [5.74, 6) is 0.278. The lowest BCUT2D eigenvalue weighted by molar-refractivity contribution is -0.121. The number of rotatable bonds is 25. The molecule has 0 aliphatic carbocycles. The van der Waals surface area contributed by atoms with Gasteiger partial charge < -0.3 is 44.5 Å². The zero-order valence-corrected chi connectivity index (χ0v) is 39.8. The zero-order chi connectivity index (χ0) is 47.7. The number of hydrogen-bond acceptors (Lipinski definition) is 12. The van der Waals surface area contributed by atoms with Crippen molar-refractivity contribution in [2.75, 3.05) is 103 Å². The highest BCUT2D eigenvalue weighted by atomic mass is 19.1. The van der Waals surface area contributed by atoms with E-state index in [9.17, 15) is 14.0 Å². The minimum Gasteiger partial charge on any atom is -0.491 e. The Morgan fingerprint density at radius 1 is 0.868 bits per heavy atom. The molecular weight excluding hydrogens is 866 g/mol. The zero-order valence-electron chi connectivity index (χ0n) is 39.8. The van der Waals surface area contributed by atoms with Crippen molar-refractivity contribution in [2.45, 2.75) is 57.2 Å². The van der Waals surface area contributed by atoms with Crippen LogP contribution in [0.15, 0.2) is 110 Å². The maximum Gasteiger partial charge on any atom is 0.241 e. The maximum absolute atomic E-state index is 14.0. The number of amides is 2. The number of para-hydroxylation sites is 1. The lowest BCUT2D eigenvalue weighted by Crippen LogP contribution is -2.59. The fourth-order valence-corrected chi connectivity index (χ4v) is 8.68. The fraction of sp³-hybridized carbons (Fsp3) is 0.434. The van der Waals surface area contributed by atoms with Gasteiger partial charge in [-0.2, -0.15) is 0 Å². The van der Waals surface area contributed by atoms with E-state index in [1.165, 1.54) is 12.1 Å². The van der Waals surface area contributed by atoms with E-state index in [1.807, 2.05) is 71.8 Å². The molecule has 3 N–H and O–H groups in total. The van der Waals surface area contributed by atoms with Crippen LogP contribution in [-0.2, 0) is 46.8 Å². The molecule has 5 aromatic rings. The molecule has 2 aliphatic heterocycles. The van der Waals surface area contributed by atoms with Gasteiger partial charge in [0.25, 0.3) is 0 Å². The van der Waals surface area contributed by atoms with Gasteiger partial charge in [-0.3, -0.25) is 24.5 Å². The average molecular weight is 932 g/mol. The Hall–Kier alpha value is -5.65. The third kappa shape index (κ3) is 14.4. The SMILES string of the molecule is COC[C@H]1CN[C@H](C)CN1CC(=O)N1CC(C)(C)c2ncc(Cc3ccccc3OCCOCCOCCOCCN[C@H](Cc3cccc(F)c3)C(=O)Nc3ccc(-c4ccncc4)cc3)cc21. The minimum absolute atomic E-state index is 0.0756. The number of piperazine rings is 1. The van der Waals surface area contributed by atoms with Crippen LogP contribution < -0.4 is 25.6 Å². The van der Waals surface area contributed by atoms with Crippen molar-refractivity contribution in [1.29, 1.82) is 0 Å². The summed E-state index contributed by atoms with van der Waals surface area (Å²) in [6.45, 7) is 12.6. The number of benzene rings is 3. The summed E-state index contributed by atoms with van der Waals surface area (Å²) >= 11 is 0. The lowest BCUT2D eigenvalue weighted by atomic mass is 9.91. The molecule has 7 rings (SSSR count). The Bertz CT molecular complexity index is 2370. The fourth-order valence-electron chi connectivity index (χ4n) is 8.68. The number of nitrogens with zero attached hydrogens (tertiary/aromatic N) is 4. The molecule has 2 aliphatic rings. The Morgan fingerprint density at radius 2 is 1.59 bits per heavy atom. The highest BCUT2D eigenvalue weighted by Gasteiger charge is 2.40. The number of fused-ring (bicyclic) bond motifs is 1. The van der Waals surface area contributed by atoms with E-state index in [0.29, 0.717) is 103 Å². The summed E-state index contributed by atoms with van der Waals surface area (Å²) in [5.41, 5.74) is 7.01. The normalized spacial score (nSPS) is 17.2. The molecule has 0 spiro atoms. The number of methoxy groups -OCH3 is 1. The summed E-state index contributed by atoms with van der Waals surface area (Å²) in [4.78, 5) is 40.5. The van der Waals surface area contributed by atoms with E-state index in [1.54, 1.807) is 25.6 Å². The second-order valence-corrected chi connectivity index (χ2v) is 18.0. The predicted octanol–water partition coefficient (Wildman–Crippen LogP) is 6.07. The largest absolute Gasteiger partial charge is 0.491 e. The summed E-state index contributed by atoms with van der Waals surface area (Å²) in [7, 11) is 1.70. The van der Waals surface area contributed by atoms with Crippen LogP contribution in [-0.4, -0.2) is 137 Å². The number of nitrogens with one attached hydrogen (secondary N) is 3. The molecule has 3 aromatic carbocycles. The van der Waals surface area contributed by atoms with Crippen molar-refractivity contribution in [3.63, 3.8) is 0 Å². The first-order valence-electron chi connectivity index (χ1n) is 23.6. The molecule has 0 unspecified atom stereocenters. The van der Waals surface area contributed by atoms with Crippen molar-refractivity contribution < 1.29 is 37.7 Å². The first kappa shape index (κ1) is 50.2. The van der Waals surface area contributed by atoms with Gasteiger partial charge in [-0.1, -0.05) is 56.3 Å². The molecule has 3 atom stereocenters. The van der Waals surface area contributed by atoms with Gasteiger partial charge in [0, 0.05) is 81.5 Å². The van der Waals surface area contributed by atoms with Gasteiger partial charge in [0.05, 0.1) is 70.2 Å². The van der Waals surface area contributed by atoms with Crippen molar-refractivity contribution in [3.8, 4) is 16.9 Å². The number of pyridine rings is 2. The highest BCUT2D eigenvalue weighted by Crippen LogP contribution is 2.40. The molecule has 68 heavy (non-hydrogen) atoms. The molecule has 1 fully saturated rings. The monoisotopic (exact) mass is 932 g/mol. The lowest BCUT2D eigenvalue weighted by Gasteiger charge is -2.39. The van der Waals surface area contributed by atoms with Gasteiger partial charge in [0.15, 0.2) is 0 Å². The average Bonchev–Trinajstić information content (AvgIpc) is 3.61. The molecule has 4 heterocycles. The van der Waals surface area contributed by atoms with Crippen LogP contribution in [0.4, 0.5) is 15.8 Å². The predicted molar refractivity (Wildman–Crippen MR) is 262 cm³/mol. The van der Waals surface area contributed by atoms with E-state index < -0.39 is 6.04 Å². The molecule has 362 valence electrons. The van der Waals surface area contributed by atoms with Crippen molar-refractivity contribution in [1.82, 2.24) is 25.5 Å². The number of anilines is 2. The third-order valence-corrected chi connectivity index (χ3v) is 12.2. The van der Waals surface area contributed by atoms with Gasteiger partial charge in [-0.05, 0) is 89.7 Å². The van der Waals surface area contributed by atoms with Crippen molar-refractivity contribution >= 4 is 23.2 Å². The molecule has 14 nitrogen and oxygen atoms in total. The number of hydrogen-bond donors (Lipinski definition) is 3. The number of carbonyl (C=O) groups excluding carboxylic acids is 2. The topological polar surface area (TPSA) is 149 Å². The summed E-state index contributed by atoms with van der Waals surface area (Å²) < 4.78 is 42.9. The molecule has 1 saturated heterocycles. The highest BCUT2D eigenvalue weighted by molar-refractivity contribution is 5.97. The van der Waals surface area contributed by atoms with Crippen LogP contribution >= 0.6 is 0 Å². The van der Waals surface area contributed by atoms with Gasteiger partial charge in [-0.15, -0.1) is 0 Å².